The Labute approximate surface area is 131 Å². The molecule has 0 radical (unpaired) electrons. The Bertz CT molecular complexity index is 290. The third-order valence-corrected chi connectivity index (χ3v) is 5.36. The normalized spacial score (nSPS) is 13.1. The van der Waals surface area contributed by atoms with Gasteiger partial charge < -0.3 is 4.74 Å². The minimum atomic E-state index is -2.51. The molecule has 19 heavy (non-hydrogen) atoms. The minimum Gasteiger partial charge on any atom is -0.462 e. The van der Waals surface area contributed by atoms with Crippen molar-refractivity contribution in [1.29, 1.82) is 0 Å². The molecule has 0 spiro atoms. The SMILES string of the molecule is C=C(C)C(=O)OCCCCCC(CC)C[Si](Cl)(Cl)Cl. The predicted molar refractivity (Wildman–Crippen MR) is 86.1 cm³/mol. The summed E-state index contributed by atoms with van der Waals surface area (Å²) in [5, 5.41) is 0. The summed E-state index contributed by atoms with van der Waals surface area (Å²) >= 11 is 17.8. The minimum absolute atomic E-state index is 0.311. The van der Waals surface area contributed by atoms with Crippen molar-refractivity contribution in [1.82, 2.24) is 0 Å². The molecule has 0 N–H and O–H groups in total. The summed E-state index contributed by atoms with van der Waals surface area (Å²) in [6.45, 7) is 7.77. The lowest BCUT2D eigenvalue weighted by atomic mass is 10.0. The highest BCUT2D eigenvalue weighted by Crippen LogP contribution is 2.32. The van der Waals surface area contributed by atoms with Gasteiger partial charge in [-0.05, 0) is 25.3 Å². The van der Waals surface area contributed by atoms with Crippen LogP contribution in [0, 0.1) is 5.92 Å². The van der Waals surface area contributed by atoms with Gasteiger partial charge in [-0.1, -0.05) is 39.2 Å². The number of halogens is 3. The van der Waals surface area contributed by atoms with E-state index in [0.29, 0.717) is 18.1 Å². The molecule has 0 fully saturated rings. The first kappa shape index (κ1) is 19.3. The topological polar surface area (TPSA) is 26.3 Å². The second kappa shape index (κ2) is 10.1. The van der Waals surface area contributed by atoms with Crippen molar-refractivity contribution in [3.63, 3.8) is 0 Å². The standard InChI is InChI=1S/C13H23Cl3O2Si/c1-4-12(10-19(14,15)16)8-6-5-7-9-18-13(17)11(2)3/h12H,2,4-10H2,1,3H3. The Hall–Kier alpha value is 0.297. The second-order valence-corrected chi connectivity index (χ2v) is 14.0. The molecule has 6 heteroatoms. The van der Waals surface area contributed by atoms with Crippen molar-refractivity contribution < 1.29 is 9.53 Å². The van der Waals surface area contributed by atoms with Crippen LogP contribution in [0.1, 0.15) is 46.0 Å². The van der Waals surface area contributed by atoms with Crippen LogP contribution in [0.15, 0.2) is 12.2 Å². The Balaban J connectivity index is 3.62. The highest BCUT2D eigenvalue weighted by Gasteiger charge is 2.28. The lowest BCUT2D eigenvalue weighted by molar-refractivity contribution is -0.139. The molecule has 0 saturated carbocycles. The van der Waals surface area contributed by atoms with Gasteiger partial charge in [-0.15, -0.1) is 33.2 Å². The molecule has 0 aromatic heterocycles. The number of carbonyl (C=O) groups is 1. The molecular formula is C13H23Cl3O2Si. The lowest BCUT2D eigenvalue weighted by Gasteiger charge is -2.17. The largest absolute Gasteiger partial charge is 0.462 e. The number of rotatable bonds is 10. The summed E-state index contributed by atoms with van der Waals surface area (Å²) in [5.41, 5.74) is 0.443. The Morgan fingerprint density at radius 1 is 1.26 bits per heavy atom. The van der Waals surface area contributed by atoms with Crippen LogP contribution in [0.25, 0.3) is 0 Å². The predicted octanol–water partition coefficient (Wildman–Crippen LogP) is 5.35. The molecule has 112 valence electrons. The van der Waals surface area contributed by atoms with Gasteiger partial charge in [-0.2, -0.15) is 0 Å². The average molecular weight is 346 g/mol. The summed E-state index contributed by atoms with van der Waals surface area (Å²) < 4.78 is 5.02. The van der Waals surface area contributed by atoms with Crippen LogP contribution in [-0.2, 0) is 9.53 Å². The van der Waals surface area contributed by atoms with Crippen molar-refractivity contribution in [3.05, 3.63) is 12.2 Å². The van der Waals surface area contributed by atoms with E-state index in [-0.39, 0.29) is 5.97 Å². The molecule has 0 rings (SSSR count). The smallest absolute Gasteiger partial charge is 0.341 e. The van der Waals surface area contributed by atoms with E-state index in [1.54, 1.807) is 6.92 Å². The van der Waals surface area contributed by atoms with Crippen LogP contribution in [0.3, 0.4) is 0 Å². The maximum Gasteiger partial charge on any atom is 0.341 e. The zero-order chi connectivity index (χ0) is 14.9. The summed E-state index contributed by atoms with van der Waals surface area (Å²) in [5.74, 6) is 0.186. The molecule has 2 nitrogen and oxygen atoms in total. The maximum absolute atomic E-state index is 11.1. The fraction of sp³-hybridized carbons (Fsp3) is 0.769. The number of esters is 1. The lowest BCUT2D eigenvalue weighted by Crippen LogP contribution is -2.15. The van der Waals surface area contributed by atoms with Gasteiger partial charge in [0.1, 0.15) is 0 Å². The van der Waals surface area contributed by atoms with E-state index in [0.717, 1.165) is 38.1 Å². The third kappa shape index (κ3) is 11.8. The van der Waals surface area contributed by atoms with Gasteiger partial charge in [0, 0.05) is 5.57 Å². The zero-order valence-electron chi connectivity index (χ0n) is 11.7. The van der Waals surface area contributed by atoms with Gasteiger partial charge in [0.25, 0.3) is 0 Å². The van der Waals surface area contributed by atoms with E-state index in [1.807, 2.05) is 0 Å². The molecule has 1 atom stereocenters. The van der Waals surface area contributed by atoms with E-state index in [1.165, 1.54) is 0 Å². The molecule has 0 aliphatic heterocycles. The van der Waals surface area contributed by atoms with Gasteiger partial charge in [-0.3, -0.25) is 0 Å². The van der Waals surface area contributed by atoms with Gasteiger partial charge in [0.2, 0.25) is 0 Å². The monoisotopic (exact) mass is 344 g/mol. The summed E-state index contributed by atoms with van der Waals surface area (Å²) in [4.78, 5) is 11.1. The average Bonchev–Trinajstić information content (AvgIpc) is 2.29. The van der Waals surface area contributed by atoms with Crippen molar-refractivity contribution in [2.45, 2.75) is 52.0 Å². The van der Waals surface area contributed by atoms with Crippen LogP contribution in [-0.4, -0.2) is 18.6 Å². The van der Waals surface area contributed by atoms with E-state index in [4.69, 9.17) is 38.0 Å². The summed E-state index contributed by atoms with van der Waals surface area (Å²) in [7, 11) is 0. The molecule has 0 aromatic carbocycles. The Morgan fingerprint density at radius 2 is 1.89 bits per heavy atom. The van der Waals surface area contributed by atoms with Crippen LogP contribution < -0.4 is 0 Å². The molecule has 1 unspecified atom stereocenters. The van der Waals surface area contributed by atoms with Gasteiger partial charge >= 0.3 is 12.0 Å². The molecule has 0 saturated heterocycles. The first-order chi connectivity index (χ1) is 8.76. The fourth-order valence-electron chi connectivity index (χ4n) is 1.78. The van der Waals surface area contributed by atoms with Crippen molar-refractivity contribution in [2.24, 2.45) is 5.92 Å². The van der Waals surface area contributed by atoms with E-state index < -0.39 is 6.00 Å². The Morgan fingerprint density at radius 3 is 2.37 bits per heavy atom. The Kier molecular flexibility index (Phi) is 10.2. The number of carbonyl (C=O) groups excluding carboxylic acids is 1. The molecular weight excluding hydrogens is 323 g/mol. The number of hydrogen-bond acceptors (Lipinski definition) is 2. The van der Waals surface area contributed by atoms with E-state index in [2.05, 4.69) is 13.5 Å². The van der Waals surface area contributed by atoms with Crippen molar-refractivity contribution in [2.75, 3.05) is 6.61 Å². The van der Waals surface area contributed by atoms with Crippen molar-refractivity contribution >= 4 is 45.2 Å². The van der Waals surface area contributed by atoms with Gasteiger partial charge in [0.15, 0.2) is 0 Å². The van der Waals surface area contributed by atoms with Crippen LogP contribution >= 0.6 is 33.2 Å². The van der Waals surface area contributed by atoms with E-state index >= 15 is 0 Å². The van der Waals surface area contributed by atoms with E-state index in [9.17, 15) is 4.79 Å². The number of unbranched alkanes of at least 4 members (excludes halogenated alkanes) is 2. The summed E-state index contributed by atoms with van der Waals surface area (Å²) in [6, 6.07) is -1.77. The molecule has 0 aromatic rings. The zero-order valence-corrected chi connectivity index (χ0v) is 15.0. The molecule has 0 aliphatic rings. The second-order valence-electron chi connectivity index (χ2n) is 4.86. The van der Waals surface area contributed by atoms with Crippen molar-refractivity contribution in [3.8, 4) is 0 Å². The van der Waals surface area contributed by atoms with Gasteiger partial charge in [0.05, 0.1) is 6.61 Å². The first-order valence-corrected chi connectivity index (χ1v) is 11.9. The van der Waals surface area contributed by atoms with Gasteiger partial charge in [-0.25, -0.2) is 4.79 Å². The first-order valence-electron chi connectivity index (χ1n) is 6.65. The fourth-order valence-corrected chi connectivity index (χ4v) is 4.89. The van der Waals surface area contributed by atoms with Crippen LogP contribution in [0.5, 0.6) is 0 Å². The van der Waals surface area contributed by atoms with Crippen LogP contribution in [0.2, 0.25) is 6.04 Å². The molecule has 0 amide bonds. The number of hydrogen-bond donors (Lipinski definition) is 0. The highest BCUT2D eigenvalue weighted by atomic mass is 35.8. The highest BCUT2D eigenvalue weighted by molar-refractivity contribution is 7.64. The summed E-state index contributed by atoms with van der Waals surface area (Å²) in [6.07, 6.45) is 5.11. The van der Waals surface area contributed by atoms with Crippen LogP contribution in [0.4, 0.5) is 0 Å². The third-order valence-electron chi connectivity index (χ3n) is 2.94. The molecule has 0 aliphatic carbocycles. The number of ether oxygens (including phenoxy) is 1. The molecule has 0 bridgehead atoms. The molecule has 0 heterocycles. The maximum atomic E-state index is 11.1. The quantitative estimate of drug-likeness (QED) is 0.175.